The summed E-state index contributed by atoms with van der Waals surface area (Å²) in [6.07, 6.45) is 1.61. The van der Waals surface area contributed by atoms with Crippen molar-refractivity contribution >= 4 is 60.1 Å². The van der Waals surface area contributed by atoms with E-state index in [4.69, 9.17) is 32.7 Å². The molecule has 2 aromatic rings. The number of pyridine rings is 1. The molecule has 21 heavy (non-hydrogen) atoms. The third kappa shape index (κ3) is 4.40. The van der Waals surface area contributed by atoms with Gasteiger partial charge in [-0.05, 0) is 12.1 Å². The second-order valence-electron chi connectivity index (χ2n) is 3.79. The van der Waals surface area contributed by atoms with Gasteiger partial charge in [0.2, 0.25) is 5.88 Å². The average Bonchev–Trinajstić information content (AvgIpc) is 2.43. The van der Waals surface area contributed by atoms with Crippen molar-refractivity contribution < 1.29 is 9.47 Å². The van der Waals surface area contributed by atoms with Crippen LogP contribution in [0, 0.1) is 0 Å². The maximum absolute atomic E-state index is 6.14. The summed E-state index contributed by atoms with van der Waals surface area (Å²) in [7, 11) is 4.25. The summed E-state index contributed by atoms with van der Waals surface area (Å²) in [5.41, 5.74) is 0.833. The minimum atomic E-state index is 0.376. The average molecular weight is 427 g/mol. The van der Waals surface area contributed by atoms with E-state index in [0.717, 1.165) is 14.9 Å². The number of nitrogens with zero attached hydrogens (tertiary/aromatic N) is 1. The Morgan fingerprint density at radius 3 is 2.52 bits per heavy atom. The first-order chi connectivity index (χ1) is 10.0. The van der Waals surface area contributed by atoms with Crippen molar-refractivity contribution in [3.05, 3.63) is 38.9 Å². The molecule has 1 heterocycles. The largest absolute Gasteiger partial charge is 0.494 e. The molecule has 0 bridgehead atoms. The summed E-state index contributed by atoms with van der Waals surface area (Å²) in [6, 6.07) is 5.22. The number of methoxy groups -OCH3 is 1. The van der Waals surface area contributed by atoms with Crippen molar-refractivity contribution in [2.75, 3.05) is 12.6 Å². The predicted molar refractivity (Wildman–Crippen MR) is 95.5 cm³/mol. The van der Waals surface area contributed by atoms with Gasteiger partial charge in [-0.1, -0.05) is 39.1 Å². The minimum absolute atomic E-state index is 0.376. The monoisotopic (exact) mass is 425 g/mol. The summed E-state index contributed by atoms with van der Waals surface area (Å²) in [5, 5.41) is 0.819. The smallest absolute Gasteiger partial charge is 0.220 e. The molecule has 0 N–H and O–H groups in total. The number of rotatable bonds is 5. The molecule has 0 aliphatic rings. The highest BCUT2D eigenvalue weighted by molar-refractivity contribution is 9.10. The molecular formula is C13H11BrCl2NO2PS. The summed E-state index contributed by atoms with van der Waals surface area (Å²) >= 11 is 17.2. The molecule has 8 heteroatoms. The van der Waals surface area contributed by atoms with Gasteiger partial charge < -0.3 is 9.47 Å². The van der Waals surface area contributed by atoms with Gasteiger partial charge >= 0.3 is 0 Å². The summed E-state index contributed by atoms with van der Waals surface area (Å²) in [6.45, 7) is 0. The Hall–Kier alpha value is -0.190. The molecule has 0 aliphatic carbocycles. The topological polar surface area (TPSA) is 31.4 Å². The third-order valence-electron chi connectivity index (χ3n) is 2.43. The predicted octanol–water partition coefficient (Wildman–Crippen LogP) is 5.88. The Balaban J connectivity index is 2.34. The van der Waals surface area contributed by atoms with Gasteiger partial charge in [0.05, 0.1) is 28.2 Å². The number of halogens is 3. The number of thioether (sulfide) groups is 1. The maximum atomic E-state index is 6.14. The van der Waals surface area contributed by atoms with Crippen LogP contribution >= 0.6 is 60.1 Å². The highest BCUT2D eigenvalue weighted by Crippen LogP contribution is 2.40. The minimum Gasteiger partial charge on any atom is -0.494 e. The first-order valence-corrected chi connectivity index (χ1v) is 9.09. The summed E-state index contributed by atoms with van der Waals surface area (Å²) in [4.78, 5) is 5.13. The fourth-order valence-corrected chi connectivity index (χ4v) is 4.02. The van der Waals surface area contributed by atoms with Crippen molar-refractivity contribution in [1.82, 2.24) is 4.98 Å². The van der Waals surface area contributed by atoms with E-state index < -0.39 is 0 Å². The van der Waals surface area contributed by atoms with Gasteiger partial charge in [0.15, 0.2) is 11.5 Å². The van der Waals surface area contributed by atoms with Crippen LogP contribution in [0.1, 0.15) is 0 Å². The third-order valence-corrected chi connectivity index (χ3v) is 4.75. The lowest BCUT2D eigenvalue weighted by molar-refractivity contribution is 0.397. The molecule has 0 saturated carbocycles. The van der Waals surface area contributed by atoms with Crippen LogP contribution in [0.5, 0.6) is 17.4 Å². The number of hydrogen-bond donors (Lipinski definition) is 0. The van der Waals surface area contributed by atoms with Crippen LogP contribution in [0.2, 0.25) is 10.0 Å². The second kappa shape index (κ2) is 7.89. The lowest BCUT2D eigenvalue weighted by Gasteiger charge is -2.12. The van der Waals surface area contributed by atoms with Crippen molar-refractivity contribution in [2.45, 2.75) is 4.90 Å². The Morgan fingerprint density at radius 2 is 1.95 bits per heavy atom. The number of hydrogen-bond acceptors (Lipinski definition) is 4. The van der Waals surface area contributed by atoms with Gasteiger partial charge in [-0.2, -0.15) is 0 Å². The van der Waals surface area contributed by atoms with Crippen LogP contribution in [0.15, 0.2) is 33.8 Å². The quantitative estimate of drug-likeness (QED) is 0.441. The number of aromatic nitrogens is 1. The summed E-state index contributed by atoms with van der Waals surface area (Å²) < 4.78 is 11.8. The van der Waals surface area contributed by atoms with Gasteiger partial charge in [-0.3, -0.25) is 0 Å². The van der Waals surface area contributed by atoms with Crippen LogP contribution in [-0.4, -0.2) is 17.6 Å². The van der Waals surface area contributed by atoms with Gasteiger partial charge in [0.1, 0.15) is 0 Å². The molecule has 1 unspecified atom stereocenters. The molecule has 1 aromatic heterocycles. The molecule has 0 saturated heterocycles. The molecule has 3 nitrogen and oxygen atoms in total. The van der Waals surface area contributed by atoms with Crippen LogP contribution in [0.4, 0.5) is 0 Å². The van der Waals surface area contributed by atoms with E-state index in [0.29, 0.717) is 27.4 Å². The van der Waals surface area contributed by atoms with Crippen molar-refractivity contribution in [1.29, 1.82) is 0 Å². The van der Waals surface area contributed by atoms with Crippen LogP contribution < -0.4 is 9.47 Å². The Morgan fingerprint density at radius 1 is 1.29 bits per heavy atom. The molecule has 0 radical (unpaired) electrons. The fourth-order valence-electron chi connectivity index (χ4n) is 1.55. The zero-order valence-corrected chi connectivity index (χ0v) is 16.0. The molecule has 0 amide bonds. The lowest BCUT2D eigenvalue weighted by atomic mass is 10.3. The van der Waals surface area contributed by atoms with E-state index in [9.17, 15) is 0 Å². The Kier molecular flexibility index (Phi) is 6.45. The van der Waals surface area contributed by atoms with Crippen molar-refractivity contribution in [2.24, 2.45) is 0 Å². The lowest BCUT2D eigenvalue weighted by Crippen LogP contribution is -1.93. The van der Waals surface area contributed by atoms with E-state index in [1.165, 1.54) is 0 Å². The highest BCUT2D eigenvalue weighted by atomic mass is 79.9. The second-order valence-corrected chi connectivity index (χ2v) is 7.58. The molecule has 2 rings (SSSR count). The Bertz CT molecular complexity index is 637. The van der Waals surface area contributed by atoms with Crippen LogP contribution in [0.3, 0.4) is 0 Å². The molecular weight excluding hydrogens is 416 g/mol. The zero-order valence-electron chi connectivity index (χ0n) is 10.9. The SMILES string of the molecule is COc1cnc(Oc2c(Cl)cc(Br)cc2Cl)cc1SCP. The van der Waals surface area contributed by atoms with Gasteiger partial charge in [-0.15, -0.1) is 21.0 Å². The van der Waals surface area contributed by atoms with Crippen LogP contribution in [-0.2, 0) is 0 Å². The van der Waals surface area contributed by atoms with Gasteiger partial charge in [0.25, 0.3) is 0 Å². The fraction of sp³-hybridized carbons (Fsp3) is 0.154. The molecule has 112 valence electrons. The Labute approximate surface area is 148 Å². The first kappa shape index (κ1) is 17.2. The van der Waals surface area contributed by atoms with Gasteiger partial charge in [-0.25, -0.2) is 4.98 Å². The summed E-state index contributed by atoms with van der Waals surface area (Å²) in [5.74, 6) is 1.48. The highest BCUT2D eigenvalue weighted by Gasteiger charge is 2.13. The van der Waals surface area contributed by atoms with E-state index in [-0.39, 0.29) is 0 Å². The molecule has 1 aromatic carbocycles. The van der Waals surface area contributed by atoms with Crippen molar-refractivity contribution in [3.63, 3.8) is 0 Å². The van der Waals surface area contributed by atoms with Crippen LogP contribution in [0.25, 0.3) is 0 Å². The maximum Gasteiger partial charge on any atom is 0.220 e. The van der Waals surface area contributed by atoms with E-state index in [1.54, 1.807) is 43.3 Å². The zero-order chi connectivity index (χ0) is 15.4. The molecule has 0 aliphatic heterocycles. The van der Waals surface area contributed by atoms with E-state index >= 15 is 0 Å². The standard InChI is InChI=1S/C13H11BrCl2NO2PS/c1-18-10-5-17-12(4-11(10)21-6-20)19-13-8(15)2-7(14)3-9(13)16/h2-5H,6,20H2,1H3. The van der Waals surface area contributed by atoms with Crippen molar-refractivity contribution in [3.8, 4) is 17.4 Å². The molecule has 0 spiro atoms. The van der Waals surface area contributed by atoms with Gasteiger partial charge in [0, 0.05) is 16.0 Å². The number of ether oxygens (including phenoxy) is 2. The molecule has 0 fully saturated rings. The normalized spacial score (nSPS) is 10.5. The van der Waals surface area contributed by atoms with E-state index in [2.05, 4.69) is 30.2 Å². The van der Waals surface area contributed by atoms with E-state index in [1.807, 2.05) is 0 Å². The number of benzene rings is 1. The first-order valence-electron chi connectivity index (χ1n) is 5.74. The molecule has 1 atom stereocenters.